The highest BCUT2D eigenvalue weighted by Crippen LogP contribution is 2.22. The van der Waals surface area contributed by atoms with E-state index in [1.165, 1.54) is 6.08 Å². The van der Waals surface area contributed by atoms with Gasteiger partial charge in [-0.1, -0.05) is 6.07 Å². The molecular formula is C15H16N2O3. The Labute approximate surface area is 117 Å². The molecule has 0 atom stereocenters. The molecule has 0 saturated carbocycles. The molecule has 5 nitrogen and oxygen atoms in total. The molecule has 0 fully saturated rings. The maximum Gasteiger partial charge on any atom is 0.328 e. The molecule has 0 radical (unpaired) electrons. The van der Waals surface area contributed by atoms with Gasteiger partial charge in [-0.2, -0.15) is 5.10 Å². The van der Waals surface area contributed by atoms with Gasteiger partial charge in [-0.05, 0) is 36.8 Å². The average Bonchev–Trinajstić information content (AvgIpc) is 2.82. The number of hydrogen-bond donors (Lipinski definition) is 1. The van der Waals surface area contributed by atoms with Crippen molar-refractivity contribution in [3.8, 4) is 5.75 Å². The molecule has 0 unspecified atom stereocenters. The first kappa shape index (κ1) is 13.9. The lowest BCUT2D eigenvalue weighted by atomic mass is 10.1. The molecule has 0 bridgehead atoms. The molecule has 1 aromatic heterocycles. The Morgan fingerprint density at radius 1 is 1.45 bits per heavy atom. The van der Waals surface area contributed by atoms with Gasteiger partial charge in [-0.25, -0.2) is 4.79 Å². The van der Waals surface area contributed by atoms with Crippen molar-refractivity contribution in [1.82, 2.24) is 9.78 Å². The summed E-state index contributed by atoms with van der Waals surface area (Å²) < 4.78 is 7.11. The van der Waals surface area contributed by atoms with Gasteiger partial charge in [-0.3, -0.25) is 4.68 Å². The Morgan fingerprint density at radius 3 is 2.85 bits per heavy atom. The zero-order valence-electron chi connectivity index (χ0n) is 11.4. The third-order valence-corrected chi connectivity index (χ3v) is 2.96. The second-order valence-corrected chi connectivity index (χ2v) is 4.38. The van der Waals surface area contributed by atoms with Gasteiger partial charge in [0.2, 0.25) is 0 Å². The van der Waals surface area contributed by atoms with E-state index in [2.05, 4.69) is 5.10 Å². The number of hydrogen-bond acceptors (Lipinski definition) is 3. The molecule has 0 aliphatic carbocycles. The number of rotatable bonds is 5. The minimum atomic E-state index is -0.986. The van der Waals surface area contributed by atoms with Gasteiger partial charge in [0.1, 0.15) is 5.75 Å². The minimum Gasteiger partial charge on any atom is -0.496 e. The summed E-state index contributed by atoms with van der Waals surface area (Å²) in [5, 5.41) is 12.9. The van der Waals surface area contributed by atoms with Crippen LogP contribution in [0.15, 0.2) is 36.5 Å². The standard InChI is InChI=1S/C15H16N2O3/c1-11-7-8-16-17(11)10-12-3-5-14(20-2)13(9-12)4-6-15(18)19/h3-9H,10H2,1-2H3,(H,18,19). The van der Waals surface area contributed by atoms with E-state index in [-0.39, 0.29) is 0 Å². The third-order valence-electron chi connectivity index (χ3n) is 2.96. The topological polar surface area (TPSA) is 64.4 Å². The van der Waals surface area contributed by atoms with Crippen molar-refractivity contribution in [2.75, 3.05) is 7.11 Å². The Hall–Kier alpha value is -2.56. The Balaban J connectivity index is 2.29. The highest BCUT2D eigenvalue weighted by molar-refractivity contribution is 5.86. The molecule has 0 saturated heterocycles. The van der Waals surface area contributed by atoms with Gasteiger partial charge in [0.15, 0.2) is 0 Å². The van der Waals surface area contributed by atoms with Crippen molar-refractivity contribution in [2.24, 2.45) is 0 Å². The quantitative estimate of drug-likeness (QED) is 0.848. The van der Waals surface area contributed by atoms with Crippen LogP contribution in [0.1, 0.15) is 16.8 Å². The first-order chi connectivity index (χ1) is 9.60. The average molecular weight is 272 g/mol. The number of carbonyl (C=O) groups is 1. The number of aryl methyl sites for hydroxylation is 1. The predicted molar refractivity (Wildman–Crippen MR) is 75.7 cm³/mol. The zero-order valence-corrected chi connectivity index (χ0v) is 11.4. The third kappa shape index (κ3) is 3.26. The van der Waals surface area contributed by atoms with Gasteiger partial charge in [0.05, 0.1) is 13.7 Å². The van der Waals surface area contributed by atoms with E-state index in [0.717, 1.165) is 22.9 Å². The van der Waals surface area contributed by atoms with E-state index in [4.69, 9.17) is 9.84 Å². The second-order valence-electron chi connectivity index (χ2n) is 4.38. The number of aromatic nitrogens is 2. The number of benzene rings is 1. The van der Waals surface area contributed by atoms with Crippen molar-refractivity contribution in [1.29, 1.82) is 0 Å². The van der Waals surface area contributed by atoms with Gasteiger partial charge >= 0.3 is 5.97 Å². The molecule has 0 aliphatic rings. The Morgan fingerprint density at radius 2 is 2.25 bits per heavy atom. The lowest BCUT2D eigenvalue weighted by molar-refractivity contribution is -0.131. The number of methoxy groups -OCH3 is 1. The van der Waals surface area contributed by atoms with Gasteiger partial charge in [0.25, 0.3) is 0 Å². The monoisotopic (exact) mass is 272 g/mol. The lowest BCUT2D eigenvalue weighted by Gasteiger charge is -2.09. The van der Waals surface area contributed by atoms with Crippen LogP contribution in [0.4, 0.5) is 0 Å². The molecule has 5 heteroatoms. The number of aliphatic carboxylic acids is 1. The van der Waals surface area contributed by atoms with Crippen LogP contribution < -0.4 is 4.74 Å². The fourth-order valence-corrected chi connectivity index (χ4v) is 1.91. The van der Waals surface area contributed by atoms with Crippen LogP contribution in [0, 0.1) is 6.92 Å². The van der Waals surface area contributed by atoms with Gasteiger partial charge in [-0.15, -0.1) is 0 Å². The van der Waals surface area contributed by atoms with Crippen LogP contribution in [0.5, 0.6) is 5.75 Å². The summed E-state index contributed by atoms with van der Waals surface area (Å²) in [4.78, 5) is 10.6. The number of ether oxygens (including phenoxy) is 1. The van der Waals surface area contributed by atoms with E-state index in [9.17, 15) is 4.79 Å². The van der Waals surface area contributed by atoms with Crippen molar-refractivity contribution in [3.05, 3.63) is 53.4 Å². The molecule has 2 aromatic rings. The normalized spacial score (nSPS) is 10.9. The molecule has 2 rings (SSSR count). The largest absolute Gasteiger partial charge is 0.496 e. The number of carboxylic acid groups (broad SMARTS) is 1. The molecule has 1 N–H and O–H groups in total. The van der Waals surface area contributed by atoms with E-state index in [1.807, 2.05) is 35.9 Å². The van der Waals surface area contributed by atoms with Gasteiger partial charge in [0, 0.05) is 23.5 Å². The van der Waals surface area contributed by atoms with Crippen LogP contribution in [-0.4, -0.2) is 28.0 Å². The van der Waals surface area contributed by atoms with Crippen LogP contribution in [0.25, 0.3) is 6.08 Å². The first-order valence-corrected chi connectivity index (χ1v) is 6.16. The van der Waals surface area contributed by atoms with E-state index in [0.29, 0.717) is 12.3 Å². The van der Waals surface area contributed by atoms with E-state index < -0.39 is 5.97 Å². The number of nitrogens with zero attached hydrogens (tertiary/aromatic N) is 2. The Bertz CT molecular complexity index is 644. The van der Waals surface area contributed by atoms with Crippen molar-refractivity contribution in [3.63, 3.8) is 0 Å². The van der Waals surface area contributed by atoms with Crippen LogP contribution in [-0.2, 0) is 11.3 Å². The molecule has 0 aliphatic heterocycles. The van der Waals surface area contributed by atoms with E-state index in [1.54, 1.807) is 13.3 Å². The molecule has 20 heavy (non-hydrogen) atoms. The molecule has 0 spiro atoms. The second kappa shape index (κ2) is 6.06. The summed E-state index contributed by atoms with van der Waals surface area (Å²) in [5.41, 5.74) is 2.84. The lowest BCUT2D eigenvalue weighted by Crippen LogP contribution is -2.04. The molecule has 0 amide bonds. The maximum atomic E-state index is 10.6. The fourth-order valence-electron chi connectivity index (χ4n) is 1.91. The summed E-state index contributed by atoms with van der Waals surface area (Å²) in [6.07, 6.45) is 4.38. The van der Waals surface area contributed by atoms with Gasteiger partial charge < -0.3 is 9.84 Å². The maximum absolute atomic E-state index is 10.6. The van der Waals surface area contributed by atoms with Crippen LogP contribution >= 0.6 is 0 Å². The zero-order chi connectivity index (χ0) is 14.5. The SMILES string of the molecule is COc1ccc(Cn2nccc2C)cc1C=CC(=O)O. The fraction of sp³-hybridized carbons (Fsp3) is 0.200. The van der Waals surface area contributed by atoms with Crippen LogP contribution in [0.2, 0.25) is 0 Å². The Kier molecular flexibility index (Phi) is 4.20. The van der Waals surface area contributed by atoms with E-state index >= 15 is 0 Å². The minimum absolute atomic E-state index is 0.636. The molecule has 1 aromatic carbocycles. The predicted octanol–water partition coefficient (Wildman–Crippen LogP) is 2.35. The summed E-state index contributed by atoms with van der Waals surface area (Å²) in [5.74, 6) is -0.344. The highest BCUT2D eigenvalue weighted by Gasteiger charge is 2.04. The first-order valence-electron chi connectivity index (χ1n) is 6.16. The molecular weight excluding hydrogens is 256 g/mol. The smallest absolute Gasteiger partial charge is 0.328 e. The summed E-state index contributed by atoms with van der Waals surface area (Å²) >= 11 is 0. The van der Waals surface area contributed by atoms with Crippen LogP contribution in [0.3, 0.4) is 0 Å². The highest BCUT2D eigenvalue weighted by atomic mass is 16.5. The molecule has 1 heterocycles. The van der Waals surface area contributed by atoms with Crippen molar-refractivity contribution >= 4 is 12.0 Å². The molecule has 104 valence electrons. The summed E-state index contributed by atoms with van der Waals surface area (Å²) in [6, 6.07) is 7.61. The summed E-state index contributed by atoms with van der Waals surface area (Å²) in [7, 11) is 1.56. The summed E-state index contributed by atoms with van der Waals surface area (Å²) in [6.45, 7) is 2.62. The van der Waals surface area contributed by atoms with Crippen molar-refractivity contribution in [2.45, 2.75) is 13.5 Å². The number of carboxylic acids is 1. The van der Waals surface area contributed by atoms with Crippen molar-refractivity contribution < 1.29 is 14.6 Å².